The maximum Gasteiger partial charge on any atom is 0.138 e. The van der Waals surface area contributed by atoms with Crippen molar-refractivity contribution in [3.63, 3.8) is 0 Å². The molecule has 2 fully saturated rings. The third-order valence-electron chi connectivity index (χ3n) is 4.54. The van der Waals surface area contributed by atoms with Gasteiger partial charge in [-0.15, -0.1) is 0 Å². The van der Waals surface area contributed by atoms with Crippen molar-refractivity contribution >= 4 is 0 Å². The molecule has 124 valence electrons. The SMILES string of the molecule is COC1CC(Oc2ccc(C#CCN3CCN(C)CC3)nc2)C1. The summed E-state index contributed by atoms with van der Waals surface area (Å²) in [6, 6.07) is 3.88. The summed E-state index contributed by atoms with van der Waals surface area (Å²) < 4.78 is 11.1. The topological polar surface area (TPSA) is 37.8 Å². The number of rotatable bonds is 4. The molecule has 2 heterocycles. The molecular weight excluding hydrogens is 290 g/mol. The number of aromatic nitrogens is 1. The summed E-state index contributed by atoms with van der Waals surface area (Å²) in [5, 5.41) is 0. The summed E-state index contributed by atoms with van der Waals surface area (Å²) in [5.41, 5.74) is 0.801. The molecule has 5 nitrogen and oxygen atoms in total. The van der Waals surface area contributed by atoms with Crippen LogP contribution in [0.5, 0.6) is 5.75 Å². The van der Waals surface area contributed by atoms with Crippen LogP contribution in [-0.2, 0) is 4.74 Å². The number of ether oxygens (including phenoxy) is 2. The molecule has 1 aromatic rings. The largest absolute Gasteiger partial charge is 0.489 e. The van der Waals surface area contributed by atoms with Crippen molar-refractivity contribution in [3.8, 4) is 17.6 Å². The number of hydrogen-bond acceptors (Lipinski definition) is 5. The monoisotopic (exact) mass is 315 g/mol. The molecule has 1 aliphatic heterocycles. The Hall–Kier alpha value is -1.61. The second-order valence-electron chi connectivity index (χ2n) is 6.33. The van der Waals surface area contributed by atoms with Crippen LogP contribution in [0.4, 0.5) is 0 Å². The van der Waals surface area contributed by atoms with E-state index in [0.717, 1.165) is 57.0 Å². The van der Waals surface area contributed by atoms with Crippen LogP contribution in [0, 0.1) is 11.8 Å². The lowest BCUT2D eigenvalue weighted by atomic mass is 9.92. The summed E-state index contributed by atoms with van der Waals surface area (Å²) in [4.78, 5) is 9.10. The zero-order chi connectivity index (χ0) is 16.1. The van der Waals surface area contributed by atoms with Gasteiger partial charge in [-0.3, -0.25) is 4.90 Å². The van der Waals surface area contributed by atoms with E-state index in [-0.39, 0.29) is 6.10 Å². The van der Waals surface area contributed by atoms with Crippen molar-refractivity contribution in [2.45, 2.75) is 25.0 Å². The number of pyridine rings is 1. The number of likely N-dealkylation sites (N-methyl/N-ethyl adjacent to an activating group) is 1. The van der Waals surface area contributed by atoms with Crippen LogP contribution in [-0.4, -0.2) is 73.9 Å². The standard InChI is InChI=1S/C18H25N3O2/c1-20-8-10-21(11-9-20)7-3-4-15-5-6-16(14-19-15)23-18-12-17(13-18)22-2/h5-6,14,17-18H,7-13H2,1-2H3. The molecule has 0 spiro atoms. The predicted molar refractivity (Wildman–Crippen MR) is 89.5 cm³/mol. The Balaban J connectivity index is 1.44. The molecule has 0 amide bonds. The fraction of sp³-hybridized carbons (Fsp3) is 0.611. The van der Waals surface area contributed by atoms with E-state index in [1.807, 2.05) is 12.1 Å². The Bertz CT molecular complexity index is 550. The average Bonchev–Trinajstić information content (AvgIpc) is 2.54. The first-order valence-electron chi connectivity index (χ1n) is 8.28. The quantitative estimate of drug-likeness (QED) is 0.782. The van der Waals surface area contributed by atoms with Crippen molar-refractivity contribution < 1.29 is 9.47 Å². The van der Waals surface area contributed by atoms with E-state index in [1.54, 1.807) is 13.3 Å². The highest BCUT2D eigenvalue weighted by Gasteiger charge is 2.30. The van der Waals surface area contributed by atoms with Gasteiger partial charge in [-0.1, -0.05) is 5.92 Å². The summed E-state index contributed by atoms with van der Waals surface area (Å²) in [7, 11) is 3.91. The van der Waals surface area contributed by atoms with E-state index in [4.69, 9.17) is 9.47 Å². The Kier molecular flexibility index (Phi) is 5.50. The molecule has 1 saturated heterocycles. The van der Waals surface area contributed by atoms with Crippen LogP contribution in [0.25, 0.3) is 0 Å². The van der Waals surface area contributed by atoms with Crippen molar-refractivity contribution in [1.82, 2.24) is 14.8 Å². The molecule has 0 atom stereocenters. The van der Waals surface area contributed by atoms with Crippen molar-refractivity contribution in [2.75, 3.05) is 46.9 Å². The minimum absolute atomic E-state index is 0.260. The van der Waals surface area contributed by atoms with Gasteiger partial charge in [0.05, 0.1) is 18.8 Å². The summed E-state index contributed by atoms with van der Waals surface area (Å²) >= 11 is 0. The van der Waals surface area contributed by atoms with E-state index in [0.29, 0.717) is 6.10 Å². The number of methoxy groups -OCH3 is 1. The van der Waals surface area contributed by atoms with Crippen molar-refractivity contribution in [1.29, 1.82) is 0 Å². The Morgan fingerprint density at radius 2 is 1.96 bits per heavy atom. The maximum atomic E-state index is 5.84. The van der Waals surface area contributed by atoms with E-state index in [1.165, 1.54) is 0 Å². The van der Waals surface area contributed by atoms with Gasteiger partial charge in [0.2, 0.25) is 0 Å². The van der Waals surface area contributed by atoms with Gasteiger partial charge < -0.3 is 14.4 Å². The molecule has 0 radical (unpaired) electrons. The van der Waals surface area contributed by atoms with Crippen LogP contribution in [0.2, 0.25) is 0 Å². The summed E-state index contributed by atoms with van der Waals surface area (Å²) in [6.07, 6.45) is 4.30. The van der Waals surface area contributed by atoms with Crippen LogP contribution < -0.4 is 4.74 Å². The van der Waals surface area contributed by atoms with Gasteiger partial charge in [0.15, 0.2) is 0 Å². The van der Waals surface area contributed by atoms with Gasteiger partial charge in [-0.25, -0.2) is 4.98 Å². The predicted octanol–water partition coefficient (Wildman–Crippen LogP) is 1.24. The first-order chi connectivity index (χ1) is 11.2. The highest BCUT2D eigenvalue weighted by atomic mass is 16.5. The highest BCUT2D eigenvalue weighted by Crippen LogP contribution is 2.27. The summed E-state index contributed by atoms with van der Waals surface area (Å²) in [5.74, 6) is 7.17. The fourth-order valence-corrected chi connectivity index (χ4v) is 2.77. The second kappa shape index (κ2) is 7.78. The zero-order valence-corrected chi connectivity index (χ0v) is 14.0. The molecule has 1 saturated carbocycles. The molecule has 2 aliphatic rings. The van der Waals surface area contributed by atoms with Crippen LogP contribution in [0.3, 0.4) is 0 Å². The van der Waals surface area contributed by atoms with Crippen LogP contribution in [0.1, 0.15) is 18.5 Å². The highest BCUT2D eigenvalue weighted by molar-refractivity contribution is 5.31. The Morgan fingerprint density at radius 3 is 2.61 bits per heavy atom. The van der Waals surface area contributed by atoms with Gasteiger partial charge in [0.1, 0.15) is 17.5 Å². The lowest BCUT2D eigenvalue weighted by molar-refractivity contribution is -0.0382. The fourth-order valence-electron chi connectivity index (χ4n) is 2.77. The molecule has 0 aromatic carbocycles. The third-order valence-corrected chi connectivity index (χ3v) is 4.54. The third kappa shape index (κ3) is 4.68. The maximum absolute atomic E-state index is 5.84. The second-order valence-corrected chi connectivity index (χ2v) is 6.33. The minimum Gasteiger partial charge on any atom is -0.489 e. The van der Waals surface area contributed by atoms with Crippen molar-refractivity contribution in [3.05, 3.63) is 24.0 Å². The lowest BCUT2D eigenvalue weighted by Crippen LogP contribution is -2.44. The molecule has 23 heavy (non-hydrogen) atoms. The number of piperazine rings is 1. The van der Waals surface area contributed by atoms with Gasteiger partial charge in [-0.05, 0) is 25.1 Å². The van der Waals surface area contributed by atoms with Crippen LogP contribution >= 0.6 is 0 Å². The summed E-state index contributed by atoms with van der Waals surface area (Å²) in [6.45, 7) is 5.24. The Morgan fingerprint density at radius 1 is 1.17 bits per heavy atom. The molecule has 0 N–H and O–H groups in total. The minimum atomic E-state index is 0.260. The Labute approximate surface area is 138 Å². The van der Waals surface area contributed by atoms with E-state index in [2.05, 4.69) is 33.7 Å². The molecular formula is C18H25N3O2. The molecule has 0 bridgehead atoms. The first kappa shape index (κ1) is 16.3. The lowest BCUT2D eigenvalue weighted by Gasteiger charge is -2.33. The van der Waals surface area contributed by atoms with Gasteiger partial charge in [-0.2, -0.15) is 0 Å². The van der Waals surface area contributed by atoms with Crippen molar-refractivity contribution in [2.24, 2.45) is 0 Å². The van der Waals surface area contributed by atoms with E-state index in [9.17, 15) is 0 Å². The number of nitrogens with zero attached hydrogens (tertiary/aromatic N) is 3. The van der Waals surface area contributed by atoms with Gasteiger partial charge in [0, 0.05) is 46.1 Å². The zero-order valence-electron chi connectivity index (χ0n) is 14.0. The molecule has 1 aromatic heterocycles. The average molecular weight is 315 g/mol. The normalized spacial score (nSPS) is 25.3. The molecule has 5 heteroatoms. The van der Waals surface area contributed by atoms with E-state index < -0.39 is 0 Å². The first-order valence-corrected chi connectivity index (χ1v) is 8.28. The van der Waals surface area contributed by atoms with Crippen LogP contribution in [0.15, 0.2) is 18.3 Å². The number of hydrogen-bond donors (Lipinski definition) is 0. The van der Waals surface area contributed by atoms with E-state index >= 15 is 0 Å². The van der Waals surface area contributed by atoms with Gasteiger partial charge in [0.25, 0.3) is 0 Å². The van der Waals surface area contributed by atoms with Gasteiger partial charge >= 0.3 is 0 Å². The smallest absolute Gasteiger partial charge is 0.138 e. The molecule has 3 rings (SSSR count). The molecule has 0 unspecified atom stereocenters. The molecule has 1 aliphatic carbocycles.